The molecular formula is C21H23N5O4S. The summed E-state index contributed by atoms with van der Waals surface area (Å²) in [7, 11) is 0. The number of hydrogen-bond acceptors (Lipinski definition) is 8. The van der Waals surface area contributed by atoms with E-state index in [1.807, 2.05) is 44.2 Å². The van der Waals surface area contributed by atoms with Gasteiger partial charge in [0.15, 0.2) is 0 Å². The van der Waals surface area contributed by atoms with Crippen LogP contribution in [0.2, 0.25) is 0 Å². The van der Waals surface area contributed by atoms with Crippen molar-refractivity contribution in [1.82, 2.24) is 25.0 Å². The Morgan fingerprint density at radius 2 is 1.90 bits per heavy atom. The maximum absolute atomic E-state index is 13.2. The van der Waals surface area contributed by atoms with Crippen molar-refractivity contribution in [3.8, 4) is 0 Å². The van der Waals surface area contributed by atoms with Crippen LogP contribution in [-0.4, -0.2) is 32.2 Å². The van der Waals surface area contributed by atoms with Gasteiger partial charge in [-0.1, -0.05) is 44.2 Å². The van der Waals surface area contributed by atoms with Crippen molar-refractivity contribution < 1.29 is 14.0 Å². The van der Waals surface area contributed by atoms with E-state index in [4.69, 9.17) is 4.42 Å². The van der Waals surface area contributed by atoms with Gasteiger partial charge in [-0.15, -0.1) is 0 Å². The fourth-order valence-electron chi connectivity index (χ4n) is 3.01. The lowest BCUT2D eigenvalue weighted by Gasteiger charge is -2.23. The number of amides is 2. The second-order valence-corrected chi connectivity index (χ2v) is 8.07. The van der Waals surface area contributed by atoms with E-state index in [0.717, 1.165) is 5.56 Å². The van der Waals surface area contributed by atoms with E-state index in [9.17, 15) is 14.4 Å². The Hall–Kier alpha value is -3.40. The third kappa shape index (κ3) is 6.54. The molecule has 2 amide bonds. The molecule has 9 nitrogen and oxygen atoms in total. The number of aromatic nitrogens is 3. The normalized spacial score (nSPS) is 12.9. The molecule has 2 atom stereocenters. The lowest BCUT2D eigenvalue weighted by Crippen LogP contribution is -2.49. The van der Waals surface area contributed by atoms with Crippen molar-refractivity contribution in [1.29, 1.82) is 0 Å². The van der Waals surface area contributed by atoms with Crippen molar-refractivity contribution in [3.05, 3.63) is 75.8 Å². The molecule has 3 aromatic rings. The van der Waals surface area contributed by atoms with Crippen LogP contribution in [0, 0.1) is 5.92 Å². The zero-order chi connectivity index (χ0) is 22.2. The first-order chi connectivity index (χ1) is 14.9. The van der Waals surface area contributed by atoms with Gasteiger partial charge in [0.05, 0.1) is 6.20 Å². The summed E-state index contributed by atoms with van der Waals surface area (Å²) in [5, 5.41) is 5.61. The van der Waals surface area contributed by atoms with Gasteiger partial charge in [-0.2, -0.15) is 4.37 Å². The fraction of sp³-hybridized carbons (Fsp3) is 0.333. The summed E-state index contributed by atoms with van der Waals surface area (Å²) >= 11 is 0.697. The summed E-state index contributed by atoms with van der Waals surface area (Å²) in [6.45, 7) is 3.97. The molecule has 0 spiro atoms. The second-order valence-electron chi connectivity index (χ2n) is 7.37. The van der Waals surface area contributed by atoms with E-state index < -0.39 is 28.8 Å². The maximum Gasteiger partial charge on any atom is 0.414 e. The first-order valence-corrected chi connectivity index (χ1v) is 10.6. The first-order valence-electron chi connectivity index (χ1n) is 9.80. The smallest absolute Gasteiger partial charge is 0.396 e. The average Bonchev–Trinajstić information content (AvgIpc) is 3.20. The summed E-state index contributed by atoms with van der Waals surface area (Å²) in [6.07, 6.45) is 4.99. The molecule has 0 aliphatic carbocycles. The highest BCUT2D eigenvalue weighted by Gasteiger charge is 2.28. The van der Waals surface area contributed by atoms with E-state index in [-0.39, 0.29) is 23.9 Å². The predicted octanol–water partition coefficient (Wildman–Crippen LogP) is 2.13. The second kappa shape index (κ2) is 10.6. The Balaban J connectivity index is 1.81. The Kier molecular flexibility index (Phi) is 7.60. The van der Waals surface area contributed by atoms with Crippen LogP contribution in [0.3, 0.4) is 0 Å². The topological polar surface area (TPSA) is 127 Å². The van der Waals surface area contributed by atoms with Crippen LogP contribution in [-0.2, 0) is 11.2 Å². The number of nitrogens with zero attached hydrogens (tertiary/aromatic N) is 3. The van der Waals surface area contributed by atoms with Gasteiger partial charge >= 0.3 is 4.94 Å². The van der Waals surface area contributed by atoms with Gasteiger partial charge in [0.2, 0.25) is 11.8 Å². The molecule has 0 saturated carbocycles. The molecule has 3 rings (SSSR count). The first kappa shape index (κ1) is 22.3. The van der Waals surface area contributed by atoms with Crippen molar-refractivity contribution in [2.75, 3.05) is 0 Å². The van der Waals surface area contributed by atoms with Crippen molar-refractivity contribution in [2.45, 2.75) is 38.8 Å². The summed E-state index contributed by atoms with van der Waals surface area (Å²) in [6, 6.07) is 7.88. The van der Waals surface area contributed by atoms with Crippen LogP contribution in [0.4, 0.5) is 0 Å². The van der Waals surface area contributed by atoms with Crippen molar-refractivity contribution >= 4 is 23.3 Å². The molecule has 2 N–H and O–H groups in total. The summed E-state index contributed by atoms with van der Waals surface area (Å²) in [4.78, 5) is 44.6. The number of rotatable bonds is 9. The molecule has 0 radical (unpaired) electrons. The number of nitrogens with one attached hydrogen (secondary N) is 2. The number of benzene rings is 1. The van der Waals surface area contributed by atoms with Gasteiger partial charge < -0.3 is 15.1 Å². The number of carbonyl (C=O) groups is 2. The standard InChI is InChI=1S/C21H23N5O4S/c1-13(2)10-16(20-26-31-21(29)30-20)25-18(27)15(11-14-6-4-3-5-7-14)24-19(28)17-12-22-8-9-23-17/h3-9,12-13,15-16H,10-11H2,1-2H3,(H,24,28)(H,25,27)/t15-,16+/m0/s1. The van der Waals surface area contributed by atoms with Gasteiger partial charge in [-0.05, 0) is 17.9 Å². The molecule has 1 aromatic carbocycles. The predicted molar refractivity (Wildman–Crippen MR) is 114 cm³/mol. The molecule has 10 heteroatoms. The quantitative estimate of drug-likeness (QED) is 0.521. The highest BCUT2D eigenvalue weighted by atomic mass is 32.1. The maximum atomic E-state index is 13.2. The van der Waals surface area contributed by atoms with Crippen molar-refractivity contribution in [2.24, 2.45) is 5.92 Å². The van der Waals surface area contributed by atoms with E-state index in [1.165, 1.54) is 18.6 Å². The minimum absolute atomic E-state index is 0.109. The van der Waals surface area contributed by atoms with Crippen molar-refractivity contribution in [3.63, 3.8) is 0 Å². The molecule has 0 fully saturated rings. The third-order valence-corrected chi connectivity index (χ3v) is 4.92. The average molecular weight is 442 g/mol. The molecule has 0 unspecified atom stereocenters. The van der Waals surface area contributed by atoms with Crippen LogP contribution in [0.25, 0.3) is 0 Å². The monoisotopic (exact) mass is 441 g/mol. The van der Waals surface area contributed by atoms with Gasteiger partial charge in [-0.3, -0.25) is 14.6 Å². The van der Waals surface area contributed by atoms with Crippen LogP contribution in [0.15, 0.2) is 58.1 Å². The van der Waals surface area contributed by atoms with Gasteiger partial charge in [0, 0.05) is 30.3 Å². The van der Waals surface area contributed by atoms with E-state index in [2.05, 4.69) is 25.0 Å². The minimum atomic E-state index is -0.878. The summed E-state index contributed by atoms with van der Waals surface area (Å²) in [5.41, 5.74) is 0.986. The lowest BCUT2D eigenvalue weighted by molar-refractivity contribution is -0.124. The van der Waals surface area contributed by atoms with E-state index >= 15 is 0 Å². The van der Waals surface area contributed by atoms with Crippen LogP contribution < -0.4 is 15.6 Å². The highest BCUT2D eigenvalue weighted by molar-refractivity contribution is 7.02. The van der Waals surface area contributed by atoms with Crippen LogP contribution in [0.5, 0.6) is 0 Å². The molecular weight excluding hydrogens is 418 g/mol. The minimum Gasteiger partial charge on any atom is -0.396 e. The van der Waals surface area contributed by atoms with Crippen LogP contribution >= 0.6 is 11.5 Å². The van der Waals surface area contributed by atoms with E-state index in [1.54, 1.807) is 0 Å². The largest absolute Gasteiger partial charge is 0.414 e. The van der Waals surface area contributed by atoms with Gasteiger partial charge in [0.1, 0.15) is 17.8 Å². The Labute approximate surface area is 183 Å². The SMILES string of the molecule is CC(C)C[C@@H](NC(=O)[C@H](Cc1ccccc1)NC(=O)c1cnccn1)c1nsc(=O)o1. The Morgan fingerprint density at radius 1 is 1.13 bits per heavy atom. The Morgan fingerprint density at radius 3 is 2.52 bits per heavy atom. The zero-order valence-electron chi connectivity index (χ0n) is 17.1. The molecule has 0 aliphatic rings. The lowest BCUT2D eigenvalue weighted by atomic mass is 10.0. The molecule has 162 valence electrons. The molecule has 0 bridgehead atoms. The zero-order valence-corrected chi connectivity index (χ0v) is 18.0. The molecule has 0 saturated heterocycles. The third-order valence-electron chi connectivity index (χ3n) is 4.42. The molecule has 2 heterocycles. The van der Waals surface area contributed by atoms with E-state index in [0.29, 0.717) is 18.0 Å². The molecule has 0 aliphatic heterocycles. The summed E-state index contributed by atoms with van der Waals surface area (Å²) < 4.78 is 9.14. The van der Waals surface area contributed by atoms with Crippen LogP contribution in [0.1, 0.15) is 48.3 Å². The summed E-state index contributed by atoms with van der Waals surface area (Å²) in [5.74, 6) is -0.554. The molecule has 31 heavy (non-hydrogen) atoms. The van der Waals surface area contributed by atoms with Gasteiger partial charge in [-0.25, -0.2) is 9.78 Å². The number of carbonyl (C=O) groups excluding carboxylic acids is 2. The highest BCUT2D eigenvalue weighted by Crippen LogP contribution is 2.20. The van der Waals surface area contributed by atoms with Gasteiger partial charge in [0.25, 0.3) is 5.91 Å². The Bertz CT molecular complexity index is 1050. The fourth-order valence-corrected chi connectivity index (χ4v) is 3.46. The molecule has 2 aromatic heterocycles. The number of hydrogen-bond donors (Lipinski definition) is 2.